The maximum Gasteiger partial charge on any atom is 0.354 e. The van der Waals surface area contributed by atoms with Crippen molar-refractivity contribution in [3.63, 3.8) is 0 Å². The number of aliphatic hydroxyl groups excluding tert-OH is 1. The van der Waals surface area contributed by atoms with Crippen LogP contribution in [0, 0.1) is 0 Å². The number of H-pyrrole nitrogens is 1. The predicted octanol–water partition coefficient (Wildman–Crippen LogP) is 0.531. The van der Waals surface area contributed by atoms with Crippen molar-refractivity contribution in [1.82, 2.24) is 15.3 Å². The van der Waals surface area contributed by atoms with Crippen LogP contribution in [0.1, 0.15) is 53.1 Å². The van der Waals surface area contributed by atoms with Gasteiger partial charge in [0.2, 0.25) is 0 Å². The van der Waals surface area contributed by atoms with Crippen LogP contribution in [-0.2, 0) is 0 Å². The Morgan fingerprint density at radius 1 is 1.32 bits per heavy atom. The molecule has 1 aliphatic rings. The number of carbonyl (C=O) groups excluding carboxylic acids is 1. The van der Waals surface area contributed by atoms with E-state index < -0.39 is 18.0 Å². The van der Waals surface area contributed by atoms with Crippen molar-refractivity contribution >= 4 is 11.9 Å². The third kappa shape index (κ3) is 3.11. The quantitative estimate of drug-likeness (QED) is 0.596. The number of rotatable bonds is 3. The highest BCUT2D eigenvalue weighted by atomic mass is 16.4. The second-order valence-electron chi connectivity index (χ2n) is 4.72. The molecule has 104 valence electrons. The lowest BCUT2D eigenvalue weighted by Crippen LogP contribution is -2.43. The van der Waals surface area contributed by atoms with Crippen molar-refractivity contribution in [2.45, 2.75) is 44.2 Å². The Labute approximate surface area is 110 Å². The minimum atomic E-state index is -1.23. The number of carbonyl (C=O) groups is 2. The SMILES string of the molecule is O=C(NC1CCCCCC1O)c1nc[nH]c1C(=O)O. The van der Waals surface area contributed by atoms with E-state index in [1.165, 1.54) is 6.33 Å². The molecule has 1 aliphatic carbocycles. The second kappa shape index (κ2) is 5.83. The third-order valence-corrected chi connectivity index (χ3v) is 3.36. The molecule has 0 saturated heterocycles. The highest BCUT2D eigenvalue weighted by molar-refractivity contribution is 6.02. The smallest absolute Gasteiger partial charge is 0.354 e. The molecule has 0 aromatic carbocycles. The van der Waals surface area contributed by atoms with Gasteiger partial charge >= 0.3 is 5.97 Å². The first-order valence-electron chi connectivity index (χ1n) is 6.35. The molecule has 1 aromatic heterocycles. The van der Waals surface area contributed by atoms with Gasteiger partial charge in [-0.15, -0.1) is 0 Å². The van der Waals surface area contributed by atoms with Crippen LogP contribution in [0.2, 0.25) is 0 Å². The number of hydrogen-bond donors (Lipinski definition) is 4. The van der Waals surface area contributed by atoms with Gasteiger partial charge in [-0.05, 0) is 12.8 Å². The van der Waals surface area contributed by atoms with Gasteiger partial charge in [-0.25, -0.2) is 9.78 Å². The molecule has 2 rings (SSSR count). The van der Waals surface area contributed by atoms with Gasteiger partial charge in [-0.2, -0.15) is 0 Å². The zero-order valence-electron chi connectivity index (χ0n) is 10.4. The first kappa shape index (κ1) is 13.5. The van der Waals surface area contributed by atoms with Crippen LogP contribution in [0.15, 0.2) is 6.33 Å². The fourth-order valence-electron chi connectivity index (χ4n) is 2.32. The number of aliphatic hydroxyl groups is 1. The Hall–Kier alpha value is -1.89. The monoisotopic (exact) mass is 267 g/mol. The maximum atomic E-state index is 12.0. The van der Waals surface area contributed by atoms with E-state index in [0.29, 0.717) is 12.8 Å². The number of imidazole rings is 1. The summed E-state index contributed by atoms with van der Waals surface area (Å²) in [7, 11) is 0. The van der Waals surface area contributed by atoms with Crippen LogP contribution in [0.4, 0.5) is 0 Å². The van der Waals surface area contributed by atoms with Crippen LogP contribution in [-0.4, -0.2) is 44.2 Å². The first-order chi connectivity index (χ1) is 9.09. The lowest BCUT2D eigenvalue weighted by atomic mass is 10.1. The van der Waals surface area contributed by atoms with Crippen molar-refractivity contribution in [2.24, 2.45) is 0 Å². The Kier molecular flexibility index (Phi) is 4.16. The number of carboxylic acid groups (broad SMARTS) is 1. The van der Waals surface area contributed by atoms with E-state index in [-0.39, 0.29) is 17.4 Å². The zero-order valence-corrected chi connectivity index (χ0v) is 10.4. The van der Waals surface area contributed by atoms with E-state index >= 15 is 0 Å². The maximum absolute atomic E-state index is 12.0. The van der Waals surface area contributed by atoms with Gasteiger partial charge < -0.3 is 20.5 Å². The minimum Gasteiger partial charge on any atom is -0.477 e. The molecule has 1 amide bonds. The number of nitrogens with zero attached hydrogens (tertiary/aromatic N) is 1. The molecule has 0 radical (unpaired) electrons. The molecule has 2 unspecified atom stereocenters. The topological polar surface area (TPSA) is 115 Å². The van der Waals surface area contributed by atoms with Crippen molar-refractivity contribution in [3.05, 3.63) is 17.7 Å². The van der Waals surface area contributed by atoms with Crippen LogP contribution in [0.5, 0.6) is 0 Å². The molecule has 19 heavy (non-hydrogen) atoms. The summed E-state index contributed by atoms with van der Waals surface area (Å²) in [5.74, 6) is -1.80. The summed E-state index contributed by atoms with van der Waals surface area (Å²) in [5, 5.41) is 21.5. The molecule has 0 spiro atoms. The van der Waals surface area contributed by atoms with E-state index in [4.69, 9.17) is 5.11 Å². The average Bonchev–Trinajstić information content (AvgIpc) is 2.78. The summed E-state index contributed by atoms with van der Waals surface area (Å²) < 4.78 is 0. The van der Waals surface area contributed by atoms with Gasteiger partial charge in [-0.3, -0.25) is 4.79 Å². The molecular weight excluding hydrogens is 250 g/mol. The minimum absolute atomic E-state index is 0.149. The fourth-order valence-corrected chi connectivity index (χ4v) is 2.32. The molecule has 1 saturated carbocycles. The van der Waals surface area contributed by atoms with Crippen LogP contribution in [0.25, 0.3) is 0 Å². The third-order valence-electron chi connectivity index (χ3n) is 3.36. The van der Waals surface area contributed by atoms with Crippen molar-refractivity contribution in [2.75, 3.05) is 0 Å². The Morgan fingerprint density at radius 2 is 2.05 bits per heavy atom. The van der Waals surface area contributed by atoms with Crippen molar-refractivity contribution in [3.8, 4) is 0 Å². The average molecular weight is 267 g/mol. The fraction of sp³-hybridized carbons (Fsp3) is 0.583. The molecule has 2 atom stereocenters. The Morgan fingerprint density at radius 3 is 2.79 bits per heavy atom. The lowest BCUT2D eigenvalue weighted by Gasteiger charge is -2.21. The number of aromatic amines is 1. The standard InChI is InChI=1S/C12H17N3O4/c16-8-5-3-1-2-4-7(8)15-11(17)9-10(12(18)19)14-6-13-9/h6-8,16H,1-5H2,(H,13,14)(H,15,17)(H,18,19). The molecule has 7 nitrogen and oxygen atoms in total. The number of aromatic nitrogens is 2. The molecule has 0 bridgehead atoms. The number of hydrogen-bond acceptors (Lipinski definition) is 4. The Bertz CT molecular complexity index is 471. The molecular formula is C12H17N3O4. The van der Waals surface area contributed by atoms with Crippen molar-refractivity contribution < 1.29 is 19.8 Å². The predicted molar refractivity (Wildman–Crippen MR) is 65.9 cm³/mol. The molecule has 4 N–H and O–H groups in total. The van der Waals surface area contributed by atoms with Gasteiger partial charge in [0.15, 0.2) is 11.4 Å². The largest absolute Gasteiger partial charge is 0.477 e. The molecule has 0 aliphatic heterocycles. The summed E-state index contributed by atoms with van der Waals surface area (Å²) in [6.45, 7) is 0. The molecule has 1 heterocycles. The van der Waals surface area contributed by atoms with Crippen LogP contribution >= 0.6 is 0 Å². The van der Waals surface area contributed by atoms with Crippen molar-refractivity contribution in [1.29, 1.82) is 0 Å². The van der Waals surface area contributed by atoms with E-state index in [2.05, 4.69) is 15.3 Å². The highest BCUT2D eigenvalue weighted by Crippen LogP contribution is 2.18. The number of aromatic carboxylic acids is 1. The zero-order chi connectivity index (χ0) is 13.8. The summed E-state index contributed by atoms with van der Waals surface area (Å²) in [5.41, 5.74) is -0.385. The van der Waals surface area contributed by atoms with E-state index in [1.54, 1.807) is 0 Å². The van der Waals surface area contributed by atoms with E-state index in [0.717, 1.165) is 19.3 Å². The van der Waals surface area contributed by atoms with Crippen LogP contribution < -0.4 is 5.32 Å². The lowest BCUT2D eigenvalue weighted by molar-refractivity contribution is 0.0681. The van der Waals surface area contributed by atoms with Gasteiger partial charge in [0.25, 0.3) is 5.91 Å². The second-order valence-corrected chi connectivity index (χ2v) is 4.72. The molecule has 1 aromatic rings. The number of carboxylic acids is 1. The van der Waals surface area contributed by atoms with Crippen LogP contribution in [0.3, 0.4) is 0 Å². The van der Waals surface area contributed by atoms with E-state index in [9.17, 15) is 14.7 Å². The van der Waals surface area contributed by atoms with Gasteiger partial charge in [0.1, 0.15) is 0 Å². The van der Waals surface area contributed by atoms with Gasteiger partial charge in [0, 0.05) is 0 Å². The van der Waals surface area contributed by atoms with E-state index in [1.807, 2.05) is 0 Å². The summed E-state index contributed by atoms with van der Waals surface area (Å²) >= 11 is 0. The molecule has 1 fully saturated rings. The number of nitrogens with one attached hydrogen (secondary N) is 2. The summed E-state index contributed by atoms with van der Waals surface area (Å²) in [6.07, 6.45) is 4.84. The van der Waals surface area contributed by atoms with Gasteiger partial charge in [-0.1, -0.05) is 19.3 Å². The number of amides is 1. The highest BCUT2D eigenvalue weighted by Gasteiger charge is 2.26. The summed E-state index contributed by atoms with van der Waals surface area (Å²) in [6, 6.07) is -0.339. The molecule has 7 heteroatoms. The Balaban J connectivity index is 2.07. The van der Waals surface area contributed by atoms with Gasteiger partial charge in [0.05, 0.1) is 18.5 Å². The summed E-state index contributed by atoms with van der Waals surface area (Å²) in [4.78, 5) is 29.0. The normalized spacial score (nSPS) is 23.6. The first-order valence-corrected chi connectivity index (χ1v) is 6.35.